The Kier molecular flexibility index (Phi) is 6.81. The van der Waals surface area contributed by atoms with Crippen molar-refractivity contribution in [2.75, 3.05) is 18.8 Å². The number of rotatable bonds is 8. The van der Waals surface area contributed by atoms with Gasteiger partial charge in [-0.3, -0.25) is 19.8 Å². The summed E-state index contributed by atoms with van der Waals surface area (Å²) in [6.45, 7) is 5.30. The predicted molar refractivity (Wildman–Crippen MR) is 124 cm³/mol. The maximum absolute atomic E-state index is 13.0. The van der Waals surface area contributed by atoms with Gasteiger partial charge in [0, 0.05) is 23.7 Å². The van der Waals surface area contributed by atoms with Gasteiger partial charge in [-0.15, -0.1) is 11.8 Å². The lowest BCUT2D eigenvalue weighted by Gasteiger charge is -2.20. The lowest BCUT2D eigenvalue weighted by atomic mass is 10.1. The smallest absolute Gasteiger partial charge is 0.322 e. The molecule has 3 N–H and O–H groups in total. The molecule has 0 saturated carbocycles. The van der Waals surface area contributed by atoms with E-state index in [0.29, 0.717) is 17.9 Å². The summed E-state index contributed by atoms with van der Waals surface area (Å²) >= 11 is 1.38. The molecular weight excluding hydrogens is 424 g/mol. The Morgan fingerprint density at radius 1 is 1.06 bits per heavy atom. The average Bonchev–Trinajstić information content (AvgIpc) is 3.39. The molecule has 1 atom stereocenters. The highest BCUT2D eigenvalue weighted by molar-refractivity contribution is 7.99. The van der Waals surface area contributed by atoms with Gasteiger partial charge >= 0.3 is 6.03 Å². The molecule has 2 aromatic carbocycles. The molecule has 4 amide bonds. The second-order valence-corrected chi connectivity index (χ2v) is 9.48. The van der Waals surface area contributed by atoms with Crippen molar-refractivity contribution in [3.63, 3.8) is 0 Å². The van der Waals surface area contributed by atoms with E-state index >= 15 is 0 Å². The van der Waals surface area contributed by atoms with Gasteiger partial charge in [0.05, 0.1) is 5.56 Å². The third-order valence-corrected chi connectivity index (χ3v) is 7.30. The van der Waals surface area contributed by atoms with E-state index in [9.17, 15) is 14.4 Å². The summed E-state index contributed by atoms with van der Waals surface area (Å²) in [5, 5.41) is 7.98. The van der Waals surface area contributed by atoms with Crippen LogP contribution in [0.1, 0.15) is 41.3 Å². The molecule has 2 heterocycles. The molecule has 2 aliphatic heterocycles. The van der Waals surface area contributed by atoms with Gasteiger partial charge in [0.15, 0.2) is 0 Å². The molecule has 8 heteroatoms. The third kappa shape index (κ3) is 5.14. The number of likely N-dealkylation sites (tertiary alicyclic amines) is 1. The zero-order chi connectivity index (χ0) is 22.6. The molecule has 0 radical (unpaired) electrons. The van der Waals surface area contributed by atoms with Gasteiger partial charge in [-0.1, -0.05) is 36.4 Å². The number of amides is 4. The zero-order valence-electron chi connectivity index (χ0n) is 18.1. The quantitative estimate of drug-likeness (QED) is 0.423. The van der Waals surface area contributed by atoms with Crippen molar-refractivity contribution in [2.24, 2.45) is 0 Å². The average molecular weight is 453 g/mol. The number of nitrogens with zero attached hydrogens (tertiary/aromatic N) is 1. The molecule has 32 heavy (non-hydrogen) atoms. The lowest BCUT2D eigenvalue weighted by molar-refractivity contribution is -0.122. The Hall–Kier alpha value is -2.84. The normalized spacial score (nSPS) is 20.8. The number of hydrogen-bond donors (Lipinski definition) is 3. The highest BCUT2D eigenvalue weighted by atomic mass is 32.2. The van der Waals surface area contributed by atoms with Gasteiger partial charge in [-0.2, -0.15) is 0 Å². The molecule has 0 bridgehead atoms. The summed E-state index contributed by atoms with van der Waals surface area (Å²) in [6.07, 6.45) is 2.50. The highest BCUT2D eigenvalue weighted by Crippen LogP contribution is 2.27. The van der Waals surface area contributed by atoms with E-state index in [4.69, 9.17) is 0 Å². The molecule has 168 valence electrons. The minimum Gasteiger partial charge on any atom is -0.348 e. The van der Waals surface area contributed by atoms with E-state index in [1.54, 1.807) is 13.0 Å². The number of nitrogens with one attached hydrogen (secondary N) is 3. The van der Waals surface area contributed by atoms with Crippen molar-refractivity contribution in [3.05, 3.63) is 65.2 Å². The van der Waals surface area contributed by atoms with Gasteiger partial charge in [0.25, 0.3) is 11.8 Å². The van der Waals surface area contributed by atoms with Crippen LogP contribution in [0.25, 0.3) is 0 Å². The Morgan fingerprint density at radius 3 is 2.47 bits per heavy atom. The maximum Gasteiger partial charge on any atom is 0.322 e. The molecule has 2 saturated heterocycles. The van der Waals surface area contributed by atoms with Crippen LogP contribution in [0.5, 0.6) is 0 Å². The van der Waals surface area contributed by atoms with Crippen LogP contribution in [0.4, 0.5) is 4.79 Å². The molecule has 4 rings (SSSR count). The Balaban J connectivity index is 1.40. The summed E-state index contributed by atoms with van der Waals surface area (Å²) in [6, 6.07) is 15.1. The van der Waals surface area contributed by atoms with Crippen molar-refractivity contribution in [1.82, 2.24) is 20.9 Å². The number of carbonyl (C=O) groups is 3. The fourth-order valence-corrected chi connectivity index (χ4v) is 5.16. The van der Waals surface area contributed by atoms with Crippen LogP contribution in [0, 0.1) is 0 Å². The monoisotopic (exact) mass is 452 g/mol. The minimum absolute atomic E-state index is 0.158. The molecule has 7 nitrogen and oxygen atoms in total. The van der Waals surface area contributed by atoms with Crippen molar-refractivity contribution in [1.29, 1.82) is 0 Å². The summed E-state index contributed by atoms with van der Waals surface area (Å²) in [7, 11) is 0. The van der Waals surface area contributed by atoms with E-state index in [2.05, 4.69) is 33.0 Å². The van der Waals surface area contributed by atoms with Crippen LogP contribution in [0.15, 0.2) is 53.4 Å². The molecule has 0 aliphatic carbocycles. The van der Waals surface area contributed by atoms with Gasteiger partial charge < -0.3 is 10.6 Å². The van der Waals surface area contributed by atoms with Gasteiger partial charge in [0.2, 0.25) is 0 Å². The first kappa shape index (κ1) is 22.4. The summed E-state index contributed by atoms with van der Waals surface area (Å²) in [5.41, 5.74) is 1.92. The second-order valence-electron chi connectivity index (χ2n) is 8.46. The SMILES string of the molecule is CC1(CSc2ccccc2C(=O)NCc2ccccc2CN2CCCC2)NC(=O)NC1=O. The van der Waals surface area contributed by atoms with Crippen molar-refractivity contribution < 1.29 is 14.4 Å². The maximum atomic E-state index is 13.0. The van der Waals surface area contributed by atoms with Crippen LogP contribution in [-0.4, -0.2) is 47.1 Å². The fraction of sp³-hybridized carbons (Fsp3) is 0.375. The minimum atomic E-state index is -1.00. The molecule has 2 fully saturated rings. The van der Waals surface area contributed by atoms with Gasteiger partial charge in [0.1, 0.15) is 5.54 Å². The van der Waals surface area contributed by atoms with Crippen LogP contribution < -0.4 is 16.0 Å². The number of thioether (sulfide) groups is 1. The van der Waals surface area contributed by atoms with Crippen LogP contribution >= 0.6 is 11.8 Å². The first-order chi connectivity index (χ1) is 15.4. The topological polar surface area (TPSA) is 90.5 Å². The molecule has 1 unspecified atom stereocenters. The van der Waals surface area contributed by atoms with E-state index in [1.165, 1.54) is 30.2 Å². The van der Waals surface area contributed by atoms with Gasteiger partial charge in [-0.25, -0.2) is 4.79 Å². The summed E-state index contributed by atoms with van der Waals surface area (Å²) < 4.78 is 0. The number of urea groups is 1. The summed E-state index contributed by atoms with van der Waals surface area (Å²) in [4.78, 5) is 39.8. The largest absolute Gasteiger partial charge is 0.348 e. The first-order valence-corrected chi connectivity index (χ1v) is 11.9. The van der Waals surface area contributed by atoms with Crippen LogP contribution in [0.3, 0.4) is 0 Å². The number of hydrogen-bond acceptors (Lipinski definition) is 5. The zero-order valence-corrected chi connectivity index (χ0v) is 19.0. The molecule has 2 aromatic rings. The van der Waals surface area contributed by atoms with E-state index in [-0.39, 0.29) is 11.8 Å². The van der Waals surface area contributed by atoms with E-state index < -0.39 is 11.6 Å². The fourth-order valence-electron chi connectivity index (χ4n) is 4.02. The second kappa shape index (κ2) is 9.75. The van der Waals surface area contributed by atoms with Crippen molar-refractivity contribution in [3.8, 4) is 0 Å². The third-order valence-electron chi connectivity index (χ3n) is 5.92. The molecular formula is C24H28N4O3S. The van der Waals surface area contributed by atoms with Crippen molar-refractivity contribution in [2.45, 2.75) is 43.3 Å². The predicted octanol–water partition coefficient (Wildman–Crippen LogP) is 2.90. The molecule has 0 spiro atoms. The number of carbonyl (C=O) groups excluding carboxylic acids is 3. The lowest BCUT2D eigenvalue weighted by Crippen LogP contribution is -2.46. The van der Waals surface area contributed by atoms with Gasteiger partial charge in [-0.05, 0) is 56.1 Å². The first-order valence-electron chi connectivity index (χ1n) is 10.9. The molecule has 2 aliphatic rings. The summed E-state index contributed by atoms with van der Waals surface area (Å²) in [5.74, 6) is -0.186. The highest BCUT2D eigenvalue weighted by Gasteiger charge is 2.41. The number of benzene rings is 2. The van der Waals surface area contributed by atoms with E-state index in [1.807, 2.05) is 30.3 Å². The Morgan fingerprint density at radius 2 is 1.75 bits per heavy atom. The van der Waals surface area contributed by atoms with Crippen LogP contribution in [0.2, 0.25) is 0 Å². The Bertz CT molecular complexity index is 1020. The number of imide groups is 1. The van der Waals surface area contributed by atoms with Crippen LogP contribution in [-0.2, 0) is 17.9 Å². The Labute approximate surface area is 192 Å². The standard InChI is InChI=1S/C24H28N4O3S/c1-24(22(30)26-23(31)27-24)16-32-20-11-5-4-10-19(20)21(29)25-14-17-8-2-3-9-18(17)15-28-12-6-7-13-28/h2-5,8-11H,6-7,12-16H2,1H3,(H,25,29)(H2,26,27,30,31). The molecule has 0 aromatic heterocycles. The van der Waals surface area contributed by atoms with E-state index in [0.717, 1.165) is 30.1 Å². The van der Waals surface area contributed by atoms with Crippen molar-refractivity contribution >= 4 is 29.6 Å².